The summed E-state index contributed by atoms with van der Waals surface area (Å²) in [7, 11) is 0. The fourth-order valence-electron chi connectivity index (χ4n) is 1.45. The fourth-order valence-corrected chi connectivity index (χ4v) is 1.64. The molecule has 0 atom stereocenters. The second-order valence-electron chi connectivity index (χ2n) is 3.68. The van der Waals surface area contributed by atoms with Crippen LogP contribution in [0.15, 0.2) is 48.5 Å². The van der Waals surface area contributed by atoms with Gasteiger partial charge in [0.15, 0.2) is 12.4 Å². The summed E-state index contributed by atoms with van der Waals surface area (Å²) in [4.78, 5) is 11.8. The molecule has 0 saturated carbocycles. The SMILES string of the molecule is O=C(COc1cccc(F)c1)c1cccc(Cl)c1. The normalized spacial score (nSPS) is 10.1. The summed E-state index contributed by atoms with van der Waals surface area (Å²) in [5.41, 5.74) is 0.471. The maximum atomic E-state index is 12.9. The Hall–Kier alpha value is -1.87. The van der Waals surface area contributed by atoms with E-state index in [0.29, 0.717) is 16.3 Å². The molecule has 2 rings (SSSR count). The fraction of sp³-hybridized carbons (Fsp3) is 0.0714. The van der Waals surface area contributed by atoms with Crippen LogP contribution in [-0.4, -0.2) is 12.4 Å². The topological polar surface area (TPSA) is 26.3 Å². The number of ketones is 1. The largest absolute Gasteiger partial charge is 0.485 e. The molecular formula is C14H10ClFO2. The van der Waals surface area contributed by atoms with Crippen molar-refractivity contribution >= 4 is 17.4 Å². The van der Waals surface area contributed by atoms with E-state index >= 15 is 0 Å². The van der Waals surface area contributed by atoms with E-state index in [1.165, 1.54) is 18.2 Å². The molecule has 0 saturated heterocycles. The van der Waals surface area contributed by atoms with Gasteiger partial charge >= 0.3 is 0 Å². The van der Waals surface area contributed by atoms with Gasteiger partial charge in [0.05, 0.1) is 0 Å². The van der Waals surface area contributed by atoms with E-state index in [2.05, 4.69) is 0 Å². The first-order valence-electron chi connectivity index (χ1n) is 5.32. The number of carbonyl (C=O) groups is 1. The highest BCUT2D eigenvalue weighted by Crippen LogP contribution is 2.14. The number of ether oxygens (including phenoxy) is 1. The molecule has 0 radical (unpaired) electrons. The number of rotatable bonds is 4. The van der Waals surface area contributed by atoms with Gasteiger partial charge in [0, 0.05) is 16.7 Å². The minimum atomic E-state index is -0.400. The van der Waals surface area contributed by atoms with Gasteiger partial charge in [0.1, 0.15) is 11.6 Å². The molecule has 0 spiro atoms. The summed E-state index contributed by atoms with van der Waals surface area (Å²) in [5.74, 6) is -0.283. The van der Waals surface area contributed by atoms with Crippen LogP contribution in [0.5, 0.6) is 5.75 Å². The average molecular weight is 265 g/mol. The zero-order valence-corrected chi connectivity index (χ0v) is 10.2. The van der Waals surface area contributed by atoms with E-state index in [-0.39, 0.29) is 12.4 Å². The van der Waals surface area contributed by atoms with Crippen molar-refractivity contribution in [2.45, 2.75) is 0 Å². The number of halogens is 2. The molecule has 0 amide bonds. The first kappa shape index (κ1) is 12.6. The van der Waals surface area contributed by atoms with Crippen molar-refractivity contribution in [3.05, 3.63) is 64.9 Å². The molecule has 0 aliphatic carbocycles. The highest BCUT2D eigenvalue weighted by Gasteiger charge is 2.07. The van der Waals surface area contributed by atoms with Crippen molar-refractivity contribution in [3.63, 3.8) is 0 Å². The van der Waals surface area contributed by atoms with Gasteiger partial charge in [-0.2, -0.15) is 0 Å². The van der Waals surface area contributed by atoms with Gasteiger partial charge in [-0.15, -0.1) is 0 Å². The predicted octanol–water partition coefficient (Wildman–Crippen LogP) is 3.74. The van der Waals surface area contributed by atoms with Gasteiger partial charge in [0.2, 0.25) is 0 Å². The van der Waals surface area contributed by atoms with Gasteiger partial charge < -0.3 is 4.74 Å². The lowest BCUT2D eigenvalue weighted by molar-refractivity contribution is 0.0921. The van der Waals surface area contributed by atoms with Gasteiger partial charge in [-0.25, -0.2) is 4.39 Å². The molecule has 18 heavy (non-hydrogen) atoms. The van der Waals surface area contributed by atoms with E-state index in [0.717, 1.165) is 0 Å². The molecular weight excluding hydrogens is 255 g/mol. The molecule has 2 aromatic rings. The van der Waals surface area contributed by atoms with Crippen LogP contribution in [0.3, 0.4) is 0 Å². The predicted molar refractivity (Wildman–Crippen MR) is 67.7 cm³/mol. The Morgan fingerprint density at radius 1 is 1.17 bits per heavy atom. The third-order valence-electron chi connectivity index (χ3n) is 2.31. The second-order valence-corrected chi connectivity index (χ2v) is 4.12. The summed E-state index contributed by atoms with van der Waals surface area (Å²) < 4.78 is 18.1. The number of hydrogen-bond donors (Lipinski definition) is 0. The molecule has 2 nitrogen and oxygen atoms in total. The molecule has 0 bridgehead atoms. The number of carbonyl (C=O) groups excluding carboxylic acids is 1. The van der Waals surface area contributed by atoms with E-state index in [1.54, 1.807) is 30.3 Å². The van der Waals surface area contributed by atoms with Crippen molar-refractivity contribution in [1.82, 2.24) is 0 Å². The average Bonchev–Trinajstić information content (AvgIpc) is 2.36. The smallest absolute Gasteiger partial charge is 0.200 e. The lowest BCUT2D eigenvalue weighted by atomic mass is 10.1. The molecule has 4 heteroatoms. The highest BCUT2D eigenvalue weighted by atomic mass is 35.5. The van der Waals surface area contributed by atoms with Gasteiger partial charge in [-0.1, -0.05) is 29.8 Å². The van der Waals surface area contributed by atoms with Crippen molar-refractivity contribution in [2.75, 3.05) is 6.61 Å². The third kappa shape index (κ3) is 3.31. The Morgan fingerprint density at radius 3 is 2.67 bits per heavy atom. The van der Waals surface area contributed by atoms with E-state index in [1.807, 2.05) is 0 Å². The first-order valence-corrected chi connectivity index (χ1v) is 5.70. The Kier molecular flexibility index (Phi) is 3.95. The Balaban J connectivity index is 2.00. The van der Waals surface area contributed by atoms with Gasteiger partial charge in [0.25, 0.3) is 0 Å². The summed E-state index contributed by atoms with van der Waals surface area (Å²) in [6.07, 6.45) is 0. The zero-order chi connectivity index (χ0) is 13.0. The maximum absolute atomic E-state index is 12.9. The Bertz CT molecular complexity index is 569. The zero-order valence-electron chi connectivity index (χ0n) is 9.40. The Morgan fingerprint density at radius 2 is 1.94 bits per heavy atom. The highest BCUT2D eigenvalue weighted by molar-refractivity contribution is 6.31. The van der Waals surface area contributed by atoms with Crippen LogP contribution in [0.1, 0.15) is 10.4 Å². The quantitative estimate of drug-likeness (QED) is 0.787. The van der Waals surface area contributed by atoms with Crippen LogP contribution in [-0.2, 0) is 0 Å². The van der Waals surface area contributed by atoms with Gasteiger partial charge in [-0.3, -0.25) is 4.79 Å². The number of benzene rings is 2. The van der Waals surface area contributed by atoms with Crippen LogP contribution in [0.2, 0.25) is 5.02 Å². The van der Waals surface area contributed by atoms with Crippen molar-refractivity contribution in [1.29, 1.82) is 0 Å². The van der Waals surface area contributed by atoms with E-state index in [4.69, 9.17) is 16.3 Å². The van der Waals surface area contributed by atoms with Crippen LogP contribution < -0.4 is 4.74 Å². The molecule has 0 unspecified atom stereocenters. The summed E-state index contributed by atoms with van der Waals surface area (Å²) in [6.45, 7) is -0.149. The van der Waals surface area contributed by atoms with E-state index < -0.39 is 5.82 Å². The number of Topliss-reactive ketones (excluding diaryl/α,β-unsaturated/α-hetero) is 1. The second kappa shape index (κ2) is 5.65. The minimum absolute atomic E-state index is 0.149. The molecule has 0 fully saturated rings. The molecule has 0 aliphatic rings. The summed E-state index contributed by atoms with van der Waals surface area (Å²) in [6, 6.07) is 12.3. The van der Waals surface area contributed by atoms with Crippen LogP contribution >= 0.6 is 11.6 Å². The minimum Gasteiger partial charge on any atom is -0.485 e. The van der Waals surface area contributed by atoms with Gasteiger partial charge in [-0.05, 0) is 24.3 Å². The number of hydrogen-bond acceptors (Lipinski definition) is 2. The molecule has 0 aromatic heterocycles. The van der Waals surface area contributed by atoms with Crippen LogP contribution in [0, 0.1) is 5.82 Å². The third-order valence-corrected chi connectivity index (χ3v) is 2.55. The molecule has 2 aromatic carbocycles. The van der Waals surface area contributed by atoms with Crippen molar-refractivity contribution < 1.29 is 13.9 Å². The molecule has 0 heterocycles. The van der Waals surface area contributed by atoms with E-state index in [9.17, 15) is 9.18 Å². The van der Waals surface area contributed by atoms with Crippen LogP contribution in [0.4, 0.5) is 4.39 Å². The lowest BCUT2D eigenvalue weighted by Crippen LogP contribution is -2.11. The summed E-state index contributed by atoms with van der Waals surface area (Å²) >= 11 is 5.78. The Labute approximate surface area is 109 Å². The lowest BCUT2D eigenvalue weighted by Gasteiger charge is -2.05. The molecule has 0 N–H and O–H groups in total. The van der Waals surface area contributed by atoms with Crippen molar-refractivity contribution in [2.24, 2.45) is 0 Å². The molecule has 92 valence electrons. The maximum Gasteiger partial charge on any atom is 0.200 e. The summed E-state index contributed by atoms with van der Waals surface area (Å²) in [5, 5.41) is 0.492. The first-order chi connectivity index (χ1) is 8.65. The monoisotopic (exact) mass is 264 g/mol. The standard InChI is InChI=1S/C14H10ClFO2/c15-11-4-1-3-10(7-11)14(17)9-18-13-6-2-5-12(16)8-13/h1-8H,9H2. The van der Waals surface area contributed by atoms with Crippen LogP contribution in [0.25, 0.3) is 0 Å². The van der Waals surface area contributed by atoms with Crippen molar-refractivity contribution in [3.8, 4) is 5.75 Å². The molecule has 0 aliphatic heterocycles.